The highest BCUT2D eigenvalue weighted by Gasteiger charge is 2.32. The lowest BCUT2D eigenvalue weighted by atomic mass is 9.92. The van der Waals surface area contributed by atoms with Crippen LogP contribution in [0.4, 0.5) is 4.39 Å². The molecular weight excluding hydrogens is 399 g/mol. The van der Waals surface area contributed by atoms with Crippen molar-refractivity contribution in [3.63, 3.8) is 0 Å². The normalized spacial score (nSPS) is 18.4. The van der Waals surface area contributed by atoms with E-state index in [4.69, 9.17) is 0 Å². The zero-order valence-corrected chi connectivity index (χ0v) is 17.9. The molecule has 2 saturated heterocycles. The lowest BCUT2D eigenvalue weighted by Crippen LogP contribution is -2.44. The van der Waals surface area contributed by atoms with Crippen LogP contribution in [0.1, 0.15) is 49.5 Å². The molecule has 2 fully saturated rings. The highest BCUT2D eigenvalue weighted by atomic mass is 19.1. The van der Waals surface area contributed by atoms with Gasteiger partial charge in [0.25, 0.3) is 0 Å². The number of hydrogen-bond donors (Lipinski definition) is 0. The minimum absolute atomic E-state index is 0.0379. The second-order valence-electron chi connectivity index (χ2n) is 8.58. The Kier molecular flexibility index (Phi) is 6.58. The van der Waals surface area contributed by atoms with Gasteiger partial charge in [-0.25, -0.2) is 9.07 Å². The number of piperidine rings is 1. The summed E-state index contributed by atoms with van der Waals surface area (Å²) < 4.78 is 14.8. The number of carbonyl (C=O) groups is 2. The molecule has 4 rings (SSSR count). The van der Waals surface area contributed by atoms with Crippen molar-refractivity contribution in [3.05, 3.63) is 41.5 Å². The van der Waals surface area contributed by atoms with Crippen LogP contribution in [0.25, 0.3) is 0 Å². The molecule has 0 bridgehead atoms. The topological polar surface area (TPSA) is 84.2 Å². The van der Waals surface area contributed by atoms with Gasteiger partial charge in [-0.2, -0.15) is 0 Å². The van der Waals surface area contributed by atoms with Crippen LogP contribution in [-0.4, -0.2) is 68.0 Å². The first-order valence-electron chi connectivity index (χ1n) is 11.1. The van der Waals surface area contributed by atoms with Crippen LogP contribution in [0.15, 0.2) is 24.3 Å². The van der Waals surface area contributed by atoms with Crippen molar-refractivity contribution >= 4 is 11.8 Å². The number of nitrogens with zero attached hydrogens (tertiary/aromatic N) is 6. The number of tetrazole rings is 1. The van der Waals surface area contributed by atoms with Gasteiger partial charge < -0.3 is 9.80 Å². The Hall–Kier alpha value is -2.84. The molecule has 1 atom stereocenters. The molecule has 2 aliphatic heterocycles. The van der Waals surface area contributed by atoms with E-state index in [-0.39, 0.29) is 17.6 Å². The van der Waals surface area contributed by atoms with Gasteiger partial charge in [0.2, 0.25) is 11.8 Å². The molecule has 0 radical (unpaired) electrons. The van der Waals surface area contributed by atoms with Crippen LogP contribution < -0.4 is 0 Å². The lowest BCUT2D eigenvalue weighted by Gasteiger charge is -2.34. The average molecular weight is 429 g/mol. The van der Waals surface area contributed by atoms with Gasteiger partial charge in [-0.3, -0.25) is 9.59 Å². The summed E-state index contributed by atoms with van der Waals surface area (Å²) in [6.07, 6.45) is 4.81. The predicted octanol–water partition coefficient (Wildman–Crippen LogP) is 2.16. The van der Waals surface area contributed by atoms with E-state index in [1.54, 1.807) is 23.7 Å². The molecule has 0 aliphatic carbocycles. The van der Waals surface area contributed by atoms with Crippen molar-refractivity contribution in [2.24, 2.45) is 5.92 Å². The molecular formula is C22H29FN6O2. The molecule has 0 spiro atoms. The van der Waals surface area contributed by atoms with Gasteiger partial charge in [0.05, 0.1) is 0 Å². The zero-order valence-electron chi connectivity index (χ0n) is 17.9. The first kappa shape index (κ1) is 21.4. The highest BCUT2D eigenvalue weighted by molar-refractivity contribution is 5.81. The van der Waals surface area contributed by atoms with Gasteiger partial charge >= 0.3 is 0 Å². The van der Waals surface area contributed by atoms with Crippen LogP contribution in [0, 0.1) is 18.7 Å². The molecule has 8 nitrogen and oxygen atoms in total. The Labute approximate surface area is 181 Å². The van der Waals surface area contributed by atoms with E-state index in [1.165, 1.54) is 12.1 Å². The van der Waals surface area contributed by atoms with Crippen molar-refractivity contribution in [3.8, 4) is 0 Å². The molecule has 9 heteroatoms. The van der Waals surface area contributed by atoms with Gasteiger partial charge in [0.15, 0.2) is 0 Å². The number of halogens is 1. The van der Waals surface area contributed by atoms with Crippen molar-refractivity contribution < 1.29 is 14.0 Å². The Morgan fingerprint density at radius 2 is 1.74 bits per heavy atom. The fraction of sp³-hybridized carbons (Fsp3) is 0.591. The molecule has 0 saturated carbocycles. The van der Waals surface area contributed by atoms with Crippen LogP contribution >= 0.6 is 0 Å². The maximum absolute atomic E-state index is 13.4. The summed E-state index contributed by atoms with van der Waals surface area (Å²) >= 11 is 0. The minimum Gasteiger partial charge on any atom is -0.343 e. The number of aryl methyl sites for hydroxylation is 1. The van der Waals surface area contributed by atoms with Gasteiger partial charge in [0.1, 0.15) is 17.7 Å². The summed E-state index contributed by atoms with van der Waals surface area (Å²) in [6.45, 7) is 4.77. The third-order valence-corrected chi connectivity index (χ3v) is 6.43. The second kappa shape index (κ2) is 9.53. The second-order valence-corrected chi connectivity index (χ2v) is 8.58. The quantitative estimate of drug-likeness (QED) is 0.704. The lowest BCUT2D eigenvalue weighted by molar-refractivity contribution is -0.137. The van der Waals surface area contributed by atoms with E-state index in [2.05, 4.69) is 15.5 Å². The number of carbonyl (C=O) groups excluding carboxylic acids is 2. The molecule has 2 aliphatic rings. The zero-order chi connectivity index (χ0) is 21.8. The Morgan fingerprint density at radius 3 is 2.35 bits per heavy atom. The number of aromatic nitrogens is 4. The van der Waals surface area contributed by atoms with Crippen LogP contribution in [0.3, 0.4) is 0 Å². The van der Waals surface area contributed by atoms with E-state index in [1.807, 2.05) is 9.80 Å². The van der Waals surface area contributed by atoms with Gasteiger partial charge in [-0.1, -0.05) is 12.1 Å². The number of benzene rings is 1. The smallest absolute Gasteiger partial charge is 0.247 e. The maximum atomic E-state index is 13.4. The molecule has 31 heavy (non-hydrogen) atoms. The molecule has 0 N–H and O–H groups in total. The Bertz CT molecular complexity index is 901. The summed E-state index contributed by atoms with van der Waals surface area (Å²) in [4.78, 5) is 29.7. The molecule has 1 aromatic carbocycles. The first-order chi connectivity index (χ1) is 15.0. The molecule has 3 heterocycles. The molecule has 0 unspecified atom stereocenters. The van der Waals surface area contributed by atoms with Crippen molar-refractivity contribution in [1.29, 1.82) is 0 Å². The number of likely N-dealkylation sites (tertiary alicyclic amines) is 2. The molecule has 2 aromatic rings. The van der Waals surface area contributed by atoms with Gasteiger partial charge in [-0.15, -0.1) is 5.10 Å². The summed E-state index contributed by atoms with van der Waals surface area (Å²) in [5, 5.41) is 11.7. The van der Waals surface area contributed by atoms with Crippen LogP contribution in [-0.2, 0) is 16.0 Å². The summed E-state index contributed by atoms with van der Waals surface area (Å²) in [7, 11) is 0. The SMILES string of the molecule is Cc1nnnn1[C@H](Cc1ccc(F)cc1)C(=O)N1CCC(CC(=O)N2CCCC2)CC1. The number of amides is 2. The summed E-state index contributed by atoms with van der Waals surface area (Å²) in [5.74, 6) is 0.787. The summed E-state index contributed by atoms with van der Waals surface area (Å²) in [5.41, 5.74) is 0.848. The Balaban J connectivity index is 1.39. The van der Waals surface area contributed by atoms with E-state index in [9.17, 15) is 14.0 Å². The molecule has 2 amide bonds. The minimum atomic E-state index is -0.580. The maximum Gasteiger partial charge on any atom is 0.247 e. The standard InChI is InChI=1S/C22H29FN6O2/c1-16-24-25-26-29(16)20(14-17-4-6-19(23)7-5-17)22(31)28-12-8-18(9-13-28)15-21(30)27-10-2-3-11-27/h4-7,18,20H,2-3,8-15H2,1H3/t20-/m1/s1. The number of rotatable bonds is 6. The highest BCUT2D eigenvalue weighted by Crippen LogP contribution is 2.26. The van der Waals surface area contributed by atoms with E-state index < -0.39 is 6.04 Å². The number of hydrogen-bond acceptors (Lipinski definition) is 5. The summed E-state index contributed by atoms with van der Waals surface area (Å²) in [6, 6.07) is 5.58. The fourth-order valence-electron chi connectivity index (χ4n) is 4.56. The third kappa shape index (κ3) is 5.08. The van der Waals surface area contributed by atoms with Crippen molar-refractivity contribution in [2.45, 2.75) is 51.5 Å². The monoisotopic (exact) mass is 428 g/mol. The first-order valence-corrected chi connectivity index (χ1v) is 11.1. The Morgan fingerprint density at radius 1 is 1.06 bits per heavy atom. The van der Waals surface area contributed by atoms with Crippen molar-refractivity contribution in [1.82, 2.24) is 30.0 Å². The van der Waals surface area contributed by atoms with Crippen LogP contribution in [0.5, 0.6) is 0 Å². The molecule has 1 aromatic heterocycles. The van der Waals surface area contributed by atoms with Gasteiger partial charge in [-0.05, 0) is 66.6 Å². The van der Waals surface area contributed by atoms with Crippen molar-refractivity contribution in [2.75, 3.05) is 26.2 Å². The average Bonchev–Trinajstić information content (AvgIpc) is 3.46. The van der Waals surface area contributed by atoms with Crippen LogP contribution in [0.2, 0.25) is 0 Å². The van der Waals surface area contributed by atoms with E-state index in [0.717, 1.165) is 44.3 Å². The third-order valence-electron chi connectivity index (χ3n) is 6.43. The largest absolute Gasteiger partial charge is 0.343 e. The molecule has 166 valence electrons. The predicted molar refractivity (Wildman–Crippen MR) is 111 cm³/mol. The van der Waals surface area contributed by atoms with E-state index in [0.29, 0.717) is 37.7 Å². The van der Waals surface area contributed by atoms with E-state index >= 15 is 0 Å². The van der Waals surface area contributed by atoms with Gasteiger partial charge in [0, 0.05) is 39.0 Å². The fourth-order valence-corrected chi connectivity index (χ4v) is 4.56.